The van der Waals surface area contributed by atoms with Crippen molar-refractivity contribution in [2.45, 2.75) is 64.6 Å². The number of carbonyl (C=O) groups excluding carboxylic acids is 1. The average Bonchev–Trinajstić information content (AvgIpc) is 2.53. The molecule has 1 aliphatic carbocycles. The largest absolute Gasteiger partial charge is 0.444 e. The molecule has 23 heavy (non-hydrogen) atoms. The molecule has 1 amide bonds. The van der Waals surface area contributed by atoms with E-state index >= 15 is 0 Å². The highest BCUT2D eigenvalue weighted by Crippen LogP contribution is 2.31. The SMILES string of the molecule is CC(C)(C)OC(=O)N1CCN(C2CC3=C(C=N2)CCCC3)CC1. The summed E-state index contributed by atoms with van der Waals surface area (Å²) in [5, 5.41) is 0. The first-order valence-corrected chi connectivity index (χ1v) is 8.88. The molecule has 0 saturated carbocycles. The molecule has 1 saturated heterocycles. The Morgan fingerprint density at radius 2 is 1.87 bits per heavy atom. The van der Waals surface area contributed by atoms with Crippen molar-refractivity contribution >= 4 is 12.3 Å². The molecule has 1 atom stereocenters. The lowest BCUT2D eigenvalue weighted by molar-refractivity contribution is 0.0106. The van der Waals surface area contributed by atoms with Crippen LogP contribution in [0.1, 0.15) is 52.9 Å². The van der Waals surface area contributed by atoms with Crippen molar-refractivity contribution in [1.29, 1.82) is 0 Å². The van der Waals surface area contributed by atoms with Crippen LogP contribution in [0.3, 0.4) is 0 Å². The lowest BCUT2D eigenvalue weighted by atomic mass is 9.88. The van der Waals surface area contributed by atoms with Gasteiger partial charge in [0.25, 0.3) is 0 Å². The van der Waals surface area contributed by atoms with Gasteiger partial charge in [0.15, 0.2) is 0 Å². The topological polar surface area (TPSA) is 45.1 Å². The Labute approximate surface area is 139 Å². The van der Waals surface area contributed by atoms with Crippen molar-refractivity contribution in [2.75, 3.05) is 26.2 Å². The smallest absolute Gasteiger partial charge is 0.410 e. The van der Waals surface area contributed by atoms with Crippen LogP contribution in [0.25, 0.3) is 0 Å². The first-order valence-electron chi connectivity index (χ1n) is 8.88. The second-order valence-corrected chi connectivity index (χ2v) is 7.80. The number of nitrogens with zero attached hydrogens (tertiary/aromatic N) is 3. The molecule has 5 nitrogen and oxygen atoms in total. The van der Waals surface area contributed by atoms with Gasteiger partial charge >= 0.3 is 6.09 Å². The molecular formula is C18H29N3O2. The maximum Gasteiger partial charge on any atom is 0.410 e. The number of hydrogen-bond donors (Lipinski definition) is 0. The highest BCUT2D eigenvalue weighted by atomic mass is 16.6. The molecule has 0 bridgehead atoms. The zero-order chi connectivity index (χ0) is 16.4. The lowest BCUT2D eigenvalue weighted by Gasteiger charge is -2.39. The van der Waals surface area contributed by atoms with Crippen molar-refractivity contribution in [3.8, 4) is 0 Å². The number of carbonyl (C=O) groups is 1. The van der Waals surface area contributed by atoms with Crippen LogP contribution in [0.4, 0.5) is 4.79 Å². The summed E-state index contributed by atoms with van der Waals surface area (Å²) in [5.41, 5.74) is 2.68. The summed E-state index contributed by atoms with van der Waals surface area (Å²) >= 11 is 0. The molecule has 0 N–H and O–H groups in total. The van der Waals surface area contributed by atoms with Crippen LogP contribution < -0.4 is 0 Å². The molecule has 3 rings (SSSR count). The Morgan fingerprint density at radius 3 is 2.57 bits per heavy atom. The quantitative estimate of drug-likeness (QED) is 0.745. The minimum Gasteiger partial charge on any atom is -0.444 e. The van der Waals surface area contributed by atoms with Gasteiger partial charge in [-0.1, -0.05) is 5.57 Å². The van der Waals surface area contributed by atoms with Gasteiger partial charge in [-0.3, -0.25) is 9.89 Å². The molecule has 0 aromatic rings. The van der Waals surface area contributed by atoms with Crippen LogP contribution in [0.15, 0.2) is 16.1 Å². The van der Waals surface area contributed by atoms with E-state index in [1.54, 1.807) is 5.57 Å². The summed E-state index contributed by atoms with van der Waals surface area (Å²) in [6, 6.07) is 0. The van der Waals surface area contributed by atoms with Crippen LogP contribution in [-0.4, -0.2) is 60.1 Å². The molecule has 3 aliphatic rings. The van der Waals surface area contributed by atoms with Crippen LogP contribution in [0, 0.1) is 0 Å². The highest BCUT2D eigenvalue weighted by Gasteiger charge is 2.30. The summed E-state index contributed by atoms with van der Waals surface area (Å²) in [5.74, 6) is 0. The monoisotopic (exact) mass is 319 g/mol. The summed E-state index contributed by atoms with van der Waals surface area (Å²) in [6.07, 6.45) is 8.36. The number of ether oxygens (including phenoxy) is 1. The zero-order valence-electron chi connectivity index (χ0n) is 14.7. The third-order valence-corrected chi connectivity index (χ3v) is 4.85. The molecule has 1 unspecified atom stereocenters. The van der Waals surface area contributed by atoms with Crippen LogP contribution >= 0.6 is 0 Å². The molecule has 0 aromatic carbocycles. The minimum atomic E-state index is -0.425. The molecular weight excluding hydrogens is 290 g/mol. The predicted molar refractivity (Wildman–Crippen MR) is 91.8 cm³/mol. The highest BCUT2D eigenvalue weighted by molar-refractivity contribution is 5.81. The molecule has 5 heteroatoms. The molecule has 1 fully saturated rings. The lowest BCUT2D eigenvalue weighted by Crippen LogP contribution is -2.52. The van der Waals surface area contributed by atoms with Crippen LogP contribution in [0.5, 0.6) is 0 Å². The Bertz CT molecular complexity index is 511. The number of allylic oxidation sites excluding steroid dienone is 1. The van der Waals surface area contributed by atoms with Gasteiger partial charge in [0.1, 0.15) is 11.8 Å². The molecule has 0 radical (unpaired) electrons. The number of hydrogen-bond acceptors (Lipinski definition) is 4. The third-order valence-electron chi connectivity index (χ3n) is 4.85. The second kappa shape index (κ2) is 6.63. The fraction of sp³-hybridized carbons (Fsp3) is 0.778. The van der Waals surface area contributed by atoms with Crippen LogP contribution in [0.2, 0.25) is 0 Å². The maximum absolute atomic E-state index is 12.1. The molecule has 2 aliphatic heterocycles. The number of amides is 1. The third kappa shape index (κ3) is 4.14. The molecule has 0 aromatic heterocycles. The summed E-state index contributed by atoms with van der Waals surface area (Å²) in [7, 11) is 0. The minimum absolute atomic E-state index is 0.193. The first-order chi connectivity index (χ1) is 10.9. The van der Waals surface area contributed by atoms with Crippen molar-refractivity contribution in [2.24, 2.45) is 4.99 Å². The Morgan fingerprint density at radius 1 is 1.17 bits per heavy atom. The van der Waals surface area contributed by atoms with E-state index in [2.05, 4.69) is 11.1 Å². The number of rotatable bonds is 1. The number of aliphatic imine (C=N–C) groups is 1. The van der Waals surface area contributed by atoms with Gasteiger partial charge in [0.05, 0.1) is 0 Å². The van der Waals surface area contributed by atoms with Gasteiger partial charge in [-0.2, -0.15) is 0 Å². The van der Waals surface area contributed by atoms with E-state index in [0.29, 0.717) is 0 Å². The summed E-state index contributed by atoms with van der Waals surface area (Å²) in [4.78, 5) is 21.1. The number of dihydropyridines is 1. The zero-order valence-corrected chi connectivity index (χ0v) is 14.7. The Kier molecular flexibility index (Phi) is 4.76. The second-order valence-electron chi connectivity index (χ2n) is 7.80. The van der Waals surface area contributed by atoms with Crippen molar-refractivity contribution < 1.29 is 9.53 Å². The fourth-order valence-corrected chi connectivity index (χ4v) is 3.58. The fourth-order valence-electron chi connectivity index (χ4n) is 3.58. The van der Waals surface area contributed by atoms with E-state index < -0.39 is 5.60 Å². The van der Waals surface area contributed by atoms with Crippen molar-refractivity contribution in [3.05, 3.63) is 11.1 Å². The van der Waals surface area contributed by atoms with E-state index in [4.69, 9.17) is 9.73 Å². The summed E-state index contributed by atoms with van der Waals surface area (Å²) in [6.45, 7) is 8.95. The first kappa shape index (κ1) is 16.5. The average molecular weight is 319 g/mol. The molecule has 0 spiro atoms. The molecule has 128 valence electrons. The van der Waals surface area contributed by atoms with Crippen LogP contribution in [-0.2, 0) is 4.74 Å². The standard InChI is InChI=1S/C18H29N3O2/c1-18(2,3)23-17(22)21-10-8-20(9-11-21)16-12-14-6-4-5-7-15(14)13-19-16/h13,16H,4-12H2,1-3H3. The predicted octanol–water partition coefficient (Wildman–Crippen LogP) is 3.21. The van der Waals surface area contributed by atoms with Gasteiger partial charge in [-0.15, -0.1) is 0 Å². The van der Waals surface area contributed by atoms with E-state index in [0.717, 1.165) is 32.6 Å². The Hall–Kier alpha value is -1.36. The normalized spacial score (nSPS) is 26.2. The van der Waals surface area contributed by atoms with Gasteiger partial charge in [-0.25, -0.2) is 4.79 Å². The van der Waals surface area contributed by atoms with Gasteiger partial charge in [0, 0.05) is 38.8 Å². The van der Waals surface area contributed by atoms with E-state index in [-0.39, 0.29) is 12.3 Å². The maximum atomic E-state index is 12.1. The number of piperazine rings is 1. The van der Waals surface area contributed by atoms with Gasteiger partial charge < -0.3 is 9.64 Å². The van der Waals surface area contributed by atoms with E-state index in [1.165, 1.54) is 31.3 Å². The van der Waals surface area contributed by atoms with Gasteiger partial charge in [-0.05, 0) is 52.0 Å². The molecule has 2 heterocycles. The van der Waals surface area contributed by atoms with Crippen molar-refractivity contribution in [3.63, 3.8) is 0 Å². The van der Waals surface area contributed by atoms with Gasteiger partial charge in [0.2, 0.25) is 0 Å². The Balaban J connectivity index is 1.51. The van der Waals surface area contributed by atoms with E-state index in [9.17, 15) is 4.79 Å². The van der Waals surface area contributed by atoms with E-state index in [1.807, 2.05) is 25.7 Å². The van der Waals surface area contributed by atoms with Crippen molar-refractivity contribution in [1.82, 2.24) is 9.80 Å². The summed E-state index contributed by atoms with van der Waals surface area (Å²) < 4.78 is 5.46.